The molecular formula is C22H31N6O9P. The number of hydrogen-bond acceptors (Lipinski definition) is 9. The second-order valence-electron chi connectivity index (χ2n) is 9.58. The lowest BCUT2D eigenvalue weighted by atomic mass is 9.99. The topological polar surface area (TPSA) is 188 Å². The molecule has 0 spiro atoms. The molecular weight excluding hydrogens is 523 g/mol. The number of carbonyl (C=O) groups is 2. The molecule has 38 heavy (non-hydrogen) atoms. The first-order chi connectivity index (χ1) is 17.8. The summed E-state index contributed by atoms with van der Waals surface area (Å²) in [6.07, 6.45) is 2.18. The number of methoxy groups -OCH3 is 1. The third-order valence-electron chi connectivity index (χ3n) is 6.31. The molecule has 0 bridgehead atoms. The van der Waals surface area contributed by atoms with Crippen LogP contribution in [0.3, 0.4) is 0 Å². The molecule has 1 saturated heterocycles. The number of alkyl carbamates (subject to hydrolysis) is 1. The molecule has 1 saturated carbocycles. The number of anilines is 1. The highest BCUT2D eigenvalue weighted by molar-refractivity contribution is 7.46. The predicted octanol–water partition coefficient (Wildman–Crippen LogP) is 1.75. The van der Waals surface area contributed by atoms with E-state index in [0.717, 1.165) is 17.5 Å². The molecule has 4 N–H and O–H groups in total. The summed E-state index contributed by atoms with van der Waals surface area (Å²) in [6, 6.07) is 3.04. The quantitative estimate of drug-likeness (QED) is 0.234. The number of phosphoric ester groups is 1. The van der Waals surface area contributed by atoms with Crippen molar-refractivity contribution in [2.75, 3.05) is 19.0 Å². The van der Waals surface area contributed by atoms with Crippen LogP contribution in [0, 0.1) is 0 Å². The molecule has 2 amide bonds. The summed E-state index contributed by atoms with van der Waals surface area (Å²) in [7, 11) is -1.74. The molecule has 0 unspecified atom stereocenters. The minimum absolute atomic E-state index is 0.0239. The van der Waals surface area contributed by atoms with Gasteiger partial charge in [-0.15, -0.1) is 0 Å². The van der Waals surface area contributed by atoms with E-state index < -0.39 is 38.3 Å². The fourth-order valence-electron chi connectivity index (χ4n) is 3.95. The maximum absolute atomic E-state index is 13.0. The fraction of sp³-hybridized carbons (Fsp3) is 0.545. The number of carbonyl (C=O) groups excluding carboxylic acids is 2. The van der Waals surface area contributed by atoms with Gasteiger partial charge in [0.15, 0.2) is 12.3 Å². The lowest BCUT2D eigenvalue weighted by Crippen LogP contribution is -2.42. The van der Waals surface area contributed by atoms with Gasteiger partial charge in [-0.1, -0.05) is 6.58 Å². The lowest BCUT2D eigenvalue weighted by Gasteiger charge is -2.25. The van der Waals surface area contributed by atoms with Crippen LogP contribution in [-0.2, 0) is 43.7 Å². The van der Waals surface area contributed by atoms with E-state index in [1.807, 2.05) is 6.92 Å². The fourth-order valence-corrected chi connectivity index (χ4v) is 4.21. The molecule has 2 fully saturated rings. The van der Waals surface area contributed by atoms with Gasteiger partial charge in [-0.3, -0.25) is 14.0 Å². The maximum Gasteiger partial charge on any atom is 0.471 e. The molecule has 0 aromatic carbocycles. The number of nitrogens with zero attached hydrogens (tertiary/aromatic N) is 4. The normalized spacial score (nSPS) is 22.2. The maximum atomic E-state index is 13.0. The summed E-state index contributed by atoms with van der Waals surface area (Å²) in [5, 5.41) is 14.0. The third-order valence-corrected chi connectivity index (χ3v) is 6.76. The number of rotatable bonds is 11. The molecule has 15 nitrogen and oxygen atoms in total. The van der Waals surface area contributed by atoms with Crippen molar-refractivity contribution in [2.24, 2.45) is 7.05 Å². The van der Waals surface area contributed by atoms with Crippen LogP contribution in [0.25, 0.3) is 0 Å². The van der Waals surface area contributed by atoms with Crippen LogP contribution < -0.4 is 10.6 Å². The van der Waals surface area contributed by atoms with Gasteiger partial charge in [0.2, 0.25) is 0 Å². The first-order valence-electron chi connectivity index (χ1n) is 11.7. The molecule has 3 heterocycles. The summed E-state index contributed by atoms with van der Waals surface area (Å²) < 4.78 is 34.9. The molecule has 2 aromatic heterocycles. The van der Waals surface area contributed by atoms with Crippen molar-refractivity contribution in [1.29, 1.82) is 0 Å². The van der Waals surface area contributed by atoms with Gasteiger partial charge >= 0.3 is 13.9 Å². The number of ether oxygens (including phenoxy) is 3. The number of hydrogen-bond donors (Lipinski definition) is 4. The monoisotopic (exact) mass is 554 g/mol. The van der Waals surface area contributed by atoms with E-state index in [1.54, 1.807) is 13.1 Å². The van der Waals surface area contributed by atoms with Crippen LogP contribution in [0.15, 0.2) is 24.8 Å². The van der Waals surface area contributed by atoms with Crippen LogP contribution in [0.2, 0.25) is 0 Å². The highest BCUT2D eigenvalue weighted by Gasteiger charge is 2.45. The lowest BCUT2D eigenvalue weighted by molar-refractivity contribution is 0.0290. The van der Waals surface area contributed by atoms with E-state index in [2.05, 4.69) is 31.9 Å². The van der Waals surface area contributed by atoms with Gasteiger partial charge < -0.3 is 34.6 Å². The zero-order chi connectivity index (χ0) is 27.7. The molecule has 16 heteroatoms. The first-order valence-corrected chi connectivity index (χ1v) is 13.2. The van der Waals surface area contributed by atoms with Crippen LogP contribution >= 0.6 is 7.82 Å². The van der Waals surface area contributed by atoms with Crippen molar-refractivity contribution in [2.45, 2.75) is 56.8 Å². The van der Waals surface area contributed by atoms with Crippen LogP contribution in [0.4, 0.5) is 10.6 Å². The zero-order valence-electron chi connectivity index (χ0n) is 21.2. The molecule has 4 rings (SSSR count). The summed E-state index contributed by atoms with van der Waals surface area (Å²) in [5.41, 5.74) is -0.294. The van der Waals surface area contributed by atoms with Crippen molar-refractivity contribution in [3.05, 3.63) is 41.9 Å². The van der Waals surface area contributed by atoms with Gasteiger partial charge in [0.05, 0.1) is 24.6 Å². The highest BCUT2D eigenvalue weighted by Crippen LogP contribution is 2.40. The Hall–Kier alpha value is -3.07. The Morgan fingerprint density at radius 2 is 2.08 bits per heavy atom. The molecule has 1 aliphatic carbocycles. The zero-order valence-corrected chi connectivity index (χ0v) is 22.1. The first kappa shape index (κ1) is 28.0. The van der Waals surface area contributed by atoms with Crippen molar-refractivity contribution in [1.82, 2.24) is 24.9 Å². The smallest absolute Gasteiger partial charge is 0.436 e. The van der Waals surface area contributed by atoms with Gasteiger partial charge in [-0.2, -0.15) is 10.2 Å². The van der Waals surface area contributed by atoms with E-state index in [0.29, 0.717) is 11.4 Å². The van der Waals surface area contributed by atoms with Crippen LogP contribution in [0.5, 0.6) is 0 Å². The molecule has 0 radical (unpaired) electrons. The standard InChI is InChI=1S/C22H31N6O9P/c1-5-22(37-20(30)24-21(2)6-7-21)10-17(35-12-22)15-9-18(28(26-15)13-36-38(31,32)33)23-19(29)16-8-14(11-34-4)25-27(16)3/h5,8-9,17H,1,6-7,10-13H2,2-4H3,(H,23,29)(H,24,30)(H2,31,32,33)/t17-,22-/m1/s1. The predicted molar refractivity (Wildman–Crippen MR) is 131 cm³/mol. The summed E-state index contributed by atoms with van der Waals surface area (Å²) in [5.74, 6) is -0.458. The second kappa shape index (κ2) is 10.6. The average molecular weight is 554 g/mol. The number of amides is 2. The SMILES string of the molecule is C=C[C@]1(OC(=O)NC2(C)CC2)CO[C@@H](c2cc(NC(=O)c3cc(COC)nn3C)n(COP(=O)(O)O)n2)C1. The van der Waals surface area contributed by atoms with E-state index >= 15 is 0 Å². The summed E-state index contributed by atoms with van der Waals surface area (Å²) in [4.78, 5) is 43.7. The summed E-state index contributed by atoms with van der Waals surface area (Å²) in [6.45, 7) is 5.30. The third kappa shape index (κ3) is 6.67. The summed E-state index contributed by atoms with van der Waals surface area (Å²) >= 11 is 0. The van der Waals surface area contributed by atoms with Crippen LogP contribution in [-0.4, -0.2) is 66.2 Å². The molecule has 208 valence electrons. The van der Waals surface area contributed by atoms with Gasteiger partial charge in [0.25, 0.3) is 5.91 Å². The van der Waals surface area contributed by atoms with Crippen molar-refractivity contribution in [3.63, 3.8) is 0 Å². The number of aryl methyl sites for hydroxylation is 1. The number of phosphoric acid groups is 1. The minimum Gasteiger partial charge on any atom is -0.436 e. The average Bonchev–Trinajstić information content (AvgIpc) is 3.17. The number of nitrogens with one attached hydrogen (secondary N) is 2. The Kier molecular flexibility index (Phi) is 7.79. The Balaban J connectivity index is 1.52. The largest absolute Gasteiger partial charge is 0.471 e. The van der Waals surface area contributed by atoms with Crippen molar-refractivity contribution in [3.8, 4) is 0 Å². The molecule has 2 aromatic rings. The van der Waals surface area contributed by atoms with Crippen LogP contribution in [0.1, 0.15) is 54.2 Å². The molecule has 2 aliphatic rings. The van der Waals surface area contributed by atoms with E-state index in [4.69, 9.17) is 24.0 Å². The van der Waals surface area contributed by atoms with Gasteiger partial charge in [0.1, 0.15) is 17.6 Å². The Labute approximate surface area is 218 Å². The van der Waals surface area contributed by atoms with Gasteiger partial charge in [-0.05, 0) is 31.9 Å². The molecule has 1 aliphatic heterocycles. The molecule has 2 atom stereocenters. The minimum atomic E-state index is -4.84. The Morgan fingerprint density at radius 1 is 1.34 bits per heavy atom. The van der Waals surface area contributed by atoms with E-state index in [-0.39, 0.29) is 36.7 Å². The van der Waals surface area contributed by atoms with Gasteiger partial charge in [0, 0.05) is 32.2 Å². The van der Waals surface area contributed by atoms with Crippen molar-refractivity contribution >= 4 is 25.6 Å². The Bertz CT molecular complexity index is 1270. The van der Waals surface area contributed by atoms with E-state index in [9.17, 15) is 14.2 Å². The number of aromatic nitrogens is 4. The van der Waals surface area contributed by atoms with E-state index in [1.165, 1.54) is 23.9 Å². The van der Waals surface area contributed by atoms with Crippen molar-refractivity contribution < 1.29 is 42.7 Å². The van der Waals surface area contributed by atoms with Gasteiger partial charge in [-0.25, -0.2) is 14.0 Å². The highest BCUT2D eigenvalue weighted by atomic mass is 31.2. The Morgan fingerprint density at radius 3 is 2.71 bits per heavy atom. The second-order valence-corrected chi connectivity index (χ2v) is 10.8.